The lowest BCUT2D eigenvalue weighted by molar-refractivity contribution is -0.00532. The normalized spacial score (nSPS) is 25.1. The average Bonchev–Trinajstić information content (AvgIpc) is 2.27. The summed E-state index contributed by atoms with van der Waals surface area (Å²) in [6.45, 7) is 5.98. The van der Waals surface area contributed by atoms with Gasteiger partial charge in [-0.1, -0.05) is 22.0 Å². The Morgan fingerprint density at radius 2 is 2.00 bits per heavy atom. The number of ether oxygens (including phenoxy) is 1. The first-order valence-electron chi connectivity index (χ1n) is 5.90. The summed E-state index contributed by atoms with van der Waals surface area (Å²) in [4.78, 5) is 2.29. The molecule has 0 radical (unpaired) electrons. The van der Waals surface area contributed by atoms with Gasteiger partial charge in [0.05, 0.1) is 18.8 Å². The quantitative estimate of drug-likeness (QED) is 0.911. The van der Waals surface area contributed by atoms with Crippen molar-refractivity contribution >= 4 is 21.6 Å². The van der Waals surface area contributed by atoms with Gasteiger partial charge in [-0.25, -0.2) is 0 Å². The molecule has 1 aromatic carbocycles. The second-order valence-corrected chi connectivity index (χ2v) is 5.51. The van der Waals surface area contributed by atoms with Gasteiger partial charge in [-0.2, -0.15) is 0 Å². The zero-order chi connectivity index (χ0) is 12.4. The summed E-state index contributed by atoms with van der Waals surface area (Å²) < 4.78 is 6.76. The van der Waals surface area contributed by atoms with Crippen LogP contribution in [-0.4, -0.2) is 30.4 Å². The summed E-state index contributed by atoms with van der Waals surface area (Å²) in [5.74, 6) is 0. The number of nitrogens with zero attached hydrogens (tertiary/aromatic N) is 1. The maximum absolute atomic E-state index is 9.40. The average molecular weight is 300 g/mol. The van der Waals surface area contributed by atoms with Crippen molar-refractivity contribution in [2.24, 2.45) is 0 Å². The van der Waals surface area contributed by atoms with Crippen LogP contribution in [0, 0.1) is 0 Å². The Hall–Kier alpha value is -0.580. The molecule has 1 heterocycles. The van der Waals surface area contributed by atoms with E-state index >= 15 is 0 Å². The monoisotopic (exact) mass is 299 g/mol. The highest BCUT2D eigenvalue weighted by molar-refractivity contribution is 9.10. The van der Waals surface area contributed by atoms with Crippen molar-refractivity contribution in [3.8, 4) is 0 Å². The van der Waals surface area contributed by atoms with E-state index in [1.54, 1.807) is 0 Å². The molecule has 1 N–H and O–H groups in total. The number of hydrogen-bond acceptors (Lipinski definition) is 3. The van der Waals surface area contributed by atoms with Crippen LogP contribution >= 0.6 is 15.9 Å². The van der Waals surface area contributed by atoms with Gasteiger partial charge in [-0.05, 0) is 26.0 Å². The Kier molecular flexibility index (Phi) is 4.07. The second kappa shape index (κ2) is 5.38. The van der Waals surface area contributed by atoms with Gasteiger partial charge in [0, 0.05) is 28.8 Å². The second-order valence-electron chi connectivity index (χ2n) is 4.59. The molecule has 3 nitrogen and oxygen atoms in total. The van der Waals surface area contributed by atoms with Crippen LogP contribution in [0.1, 0.15) is 19.4 Å². The van der Waals surface area contributed by atoms with Gasteiger partial charge in [0.25, 0.3) is 0 Å². The van der Waals surface area contributed by atoms with E-state index in [1.807, 2.05) is 12.1 Å². The van der Waals surface area contributed by atoms with Crippen molar-refractivity contribution in [1.29, 1.82) is 0 Å². The van der Waals surface area contributed by atoms with Crippen LogP contribution in [0.3, 0.4) is 0 Å². The molecule has 2 unspecified atom stereocenters. The van der Waals surface area contributed by atoms with Crippen molar-refractivity contribution in [2.75, 3.05) is 18.0 Å². The minimum Gasteiger partial charge on any atom is -0.392 e. The topological polar surface area (TPSA) is 32.7 Å². The maximum Gasteiger partial charge on any atom is 0.0726 e. The molecule has 1 aliphatic rings. The fraction of sp³-hybridized carbons (Fsp3) is 0.538. The third-order valence-electron chi connectivity index (χ3n) is 2.98. The van der Waals surface area contributed by atoms with Gasteiger partial charge in [-0.15, -0.1) is 0 Å². The molecule has 17 heavy (non-hydrogen) atoms. The van der Waals surface area contributed by atoms with E-state index in [0.717, 1.165) is 28.8 Å². The van der Waals surface area contributed by atoms with Crippen LogP contribution in [0.15, 0.2) is 22.7 Å². The van der Waals surface area contributed by atoms with Gasteiger partial charge in [0.1, 0.15) is 0 Å². The number of morpholine rings is 1. The van der Waals surface area contributed by atoms with Crippen molar-refractivity contribution in [2.45, 2.75) is 32.7 Å². The highest BCUT2D eigenvalue weighted by Gasteiger charge is 2.23. The zero-order valence-corrected chi connectivity index (χ0v) is 11.8. The summed E-state index contributed by atoms with van der Waals surface area (Å²) >= 11 is 3.48. The van der Waals surface area contributed by atoms with Crippen molar-refractivity contribution in [3.63, 3.8) is 0 Å². The fourth-order valence-electron chi connectivity index (χ4n) is 2.34. The van der Waals surface area contributed by atoms with Gasteiger partial charge < -0.3 is 14.7 Å². The van der Waals surface area contributed by atoms with Crippen molar-refractivity contribution < 1.29 is 9.84 Å². The smallest absolute Gasteiger partial charge is 0.0726 e. The molecule has 94 valence electrons. The minimum atomic E-state index is 0.0722. The summed E-state index contributed by atoms with van der Waals surface area (Å²) in [5, 5.41) is 9.40. The Labute approximate surface area is 111 Å². The van der Waals surface area contributed by atoms with Gasteiger partial charge >= 0.3 is 0 Å². The molecule has 1 aromatic rings. The number of halogens is 1. The van der Waals surface area contributed by atoms with E-state index in [1.165, 1.54) is 0 Å². The summed E-state index contributed by atoms with van der Waals surface area (Å²) in [7, 11) is 0. The molecule has 1 aliphatic heterocycles. The predicted octanol–water partition coefficient (Wildman–Crippen LogP) is 2.56. The van der Waals surface area contributed by atoms with Crippen molar-refractivity contribution in [1.82, 2.24) is 0 Å². The number of aliphatic hydroxyl groups excluding tert-OH is 1. The molecule has 1 saturated heterocycles. The highest BCUT2D eigenvalue weighted by atomic mass is 79.9. The third kappa shape index (κ3) is 3.00. The number of rotatable bonds is 2. The molecule has 0 bridgehead atoms. The molecule has 2 rings (SSSR count). The summed E-state index contributed by atoms with van der Waals surface area (Å²) in [6.07, 6.45) is 0.452. The SMILES string of the molecule is CC1CN(c2cc(Br)ccc2CO)CC(C)O1. The number of anilines is 1. The predicted molar refractivity (Wildman–Crippen MR) is 72.3 cm³/mol. The summed E-state index contributed by atoms with van der Waals surface area (Å²) in [5.41, 5.74) is 2.07. The standard InChI is InChI=1S/C13H18BrNO2/c1-9-6-15(7-10(2)17-9)13-5-12(14)4-3-11(13)8-16/h3-5,9-10,16H,6-8H2,1-2H3. The molecule has 0 spiro atoms. The number of hydrogen-bond donors (Lipinski definition) is 1. The first-order valence-corrected chi connectivity index (χ1v) is 6.69. The first kappa shape index (κ1) is 12.9. The van der Waals surface area contributed by atoms with Crippen LogP contribution < -0.4 is 4.90 Å². The van der Waals surface area contributed by atoms with E-state index in [9.17, 15) is 5.11 Å². The number of aliphatic hydroxyl groups is 1. The van der Waals surface area contributed by atoms with E-state index in [4.69, 9.17) is 4.74 Å². The highest BCUT2D eigenvalue weighted by Crippen LogP contribution is 2.28. The largest absolute Gasteiger partial charge is 0.392 e. The van der Waals surface area contributed by atoms with Crippen LogP contribution in [0.25, 0.3) is 0 Å². The van der Waals surface area contributed by atoms with Crippen LogP contribution in [0.2, 0.25) is 0 Å². The molecular formula is C13H18BrNO2. The lowest BCUT2D eigenvalue weighted by atomic mass is 10.1. The lowest BCUT2D eigenvalue weighted by Crippen LogP contribution is -2.45. The molecule has 0 aliphatic carbocycles. The van der Waals surface area contributed by atoms with E-state index < -0.39 is 0 Å². The maximum atomic E-state index is 9.40. The van der Waals surface area contributed by atoms with Crippen molar-refractivity contribution in [3.05, 3.63) is 28.2 Å². The molecular weight excluding hydrogens is 282 g/mol. The third-order valence-corrected chi connectivity index (χ3v) is 3.47. The van der Waals surface area contributed by atoms with Gasteiger partial charge in [0.2, 0.25) is 0 Å². The lowest BCUT2D eigenvalue weighted by Gasteiger charge is -2.37. The van der Waals surface area contributed by atoms with E-state index in [0.29, 0.717) is 0 Å². The minimum absolute atomic E-state index is 0.0722. The Morgan fingerprint density at radius 3 is 2.59 bits per heavy atom. The van der Waals surface area contributed by atoms with Crippen LogP contribution in [-0.2, 0) is 11.3 Å². The Morgan fingerprint density at radius 1 is 1.35 bits per heavy atom. The molecule has 4 heteroatoms. The van der Waals surface area contributed by atoms with Gasteiger partial charge in [0.15, 0.2) is 0 Å². The Bertz CT molecular complexity index is 387. The van der Waals surface area contributed by atoms with E-state index in [2.05, 4.69) is 40.7 Å². The number of benzene rings is 1. The van der Waals surface area contributed by atoms with Crippen LogP contribution in [0.4, 0.5) is 5.69 Å². The molecule has 2 atom stereocenters. The van der Waals surface area contributed by atoms with E-state index in [-0.39, 0.29) is 18.8 Å². The van der Waals surface area contributed by atoms with Gasteiger partial charge in [-0.3, -0.25) is 0 Å². The molecule has 1 fully saturated rings. The molecule has 0 saturated carbocycles. The zero-order valence-electron chi connectivity index (χ0n) is 10.2. The Balaban J connectivity index is 2.28. The summed E-state index contributed by atoms with van der Waals surface area (Å²) in [6, 6.07) is 5.99. The van der Waals surface area contributed by atoms with Crippen LogP contribution in [0.5, 0.6) is 0 Å². The first-order chi connectivity index (χ1) is 8.10. The molecule has 0 amide bonds. The fourth-order valence-corrected chi connectivity index (χ4v) is 2.69. The molecule has 0 aromatic heterocycles.